The second-order valence-electron chi connectivity index (χ2n) is 5.38. The minimum atomic E-state index is -0.760. The highest BCUT2D eigenvalue weighted by Crippen LogP contribution is 2.37. The average molecular weight is 227 g/mol. The molecule has 0 spiro atoms. The minimum absolute atomic E-state index is 0.293. The zero-order valence-electron chi connectivity index (χ0n) is 10.1. The first-order chi connectivity index (χ1) is 7.50. The quantitative estimate of drug-likeness (QED) is 0.765. The number of hydrogen-bond donors (Lipinski definition) is 2. The summed E-state index contributed by atoms with van der Waals surface area (Å²) in [6.45, 7) is 4.60. The van der Waals surface area contributed by atoms with Gasteiger partial charge in [0.2, 0.25) is 0 Å². The van der Waals surface area contributed by atoms with Gasteiger partial charge in [0, 0.05) is 19.1 Å². The Balaban J connectivity index is 2.14. The maximum Gasteiger partial charge on any atom is 0.324 e. The van der Waals surface area contributed by atoms with Crippen molar-refractivity contribution in [3.05, 3.63) is 0 Å². The van der Waals surface area contributed by atoms with Crippen LogP contribution in [0.25, 0.3) is 0 Å². The van der Waals surface area contributed by atoms with E-state index in [-0.39, 0.29) is 5.60 Å². The number of carboxylic acids is 1. The van der Waals surface area contributed by atoms with E-state index >= 15 is 0 Å². The summed E-state index contributed by atoms with van der Waals surface area (Å²) in [4.78, 5) is 11.5. The molecule has 1 saturated heterocycles. The van der Waals surface area contributed by atoms with E-state index in [1.807, 2.05) is 6.92 Å². The molecule has 0 aromatic rings. The van der Waals surface area contributed by atoms with Gasteiger partial charge in [-0.25, -0.2) is 0 Å². The molecule has 0 radical (unpaired) electrons. The molecule has 92 valence electrons. The summed E-state index contributed by atoms with van der Waals surface area (Å²) in [5, 5.41) is 12.8. The van der Waals surface area contributed by atoms with E-state index in [0.717, 1.165) is 19.3 Å². The van der Waals surface area contributed by atoms with Gasteiger partial charge in [-0.05, 0) is 32.6 Å². The second kappa shape index (κ2) is 4.00. The molecule has 4 nitrogen and oxygen atoms in total. The number of ether oxygens (including phenoxy) is 1. The first-order valence-electron chi connectivity index (χ1n) is 6.15. The summed E-state index contributed by atoms with van der Waals surface area (Å²) in [5.41, 5.74) is -1.05. The van der Waals surface area contributed by atoms with E-state index in [0.29, 0.717) is 25.5 Å². The van der Waals surface area contributed by atoms with Gasteiger partial charge in [0.15, 0.2) is 0 Å². The fraction of sp³-hybridized carbons (Fsp3) is 0.917. The minimum Gasteiger partial charge on any atom is -0.480 e. The highest BCUT2D eigenvalue weighted by atomic mass is 16.5. The molecule has 1 heterocycles. The van der Waals surface area contributed by atoms with Crippen LogP contribution in [0.5, 0.6) is 0 Å². The number of hydrogen-bond acceptors (Lipinski definition) is 3. The van der Waals surface area contributed by atoms with Gasteiger partial charge in [0.1, 0.15) is 5.54 Å². The fourth-order valence-corrected chi connectivity index (χ4v) is 2.46. The Morgan fingerprint density at radius 2 is 2.25 bits per heavy atom. The van der Waals surface area contributed by atoms with Crippen molar-refractivity contribution in [2.75, 3.05) is 6.61 Å². The lowest BCUT2D eigenvalue weighted by Crippen LogP contribution is -2.60. The molecule has 16 heavy (non-hydrogen) atoms. The van der Waals surface area contributed by atoms with Crippen molar-refractivity contribution in [1.29, 1.82) is 0 Å². The molecule has 2 atom stereocenters. The Labute approximate surface area is 96.4 Å². The van der Waals surface area contributed by atoms with Crippen molar-refractivity contribution in [2.45, 2.75) is 63.1 Å². The van der Waals surface area contributed by atoms with Crippen LogP contribution in [-0.4, -0.2) is 34.9 Å². The first-order valence-corrected chi connectivity index (χ1v) is 6.15. The monoisotopic (exact) mass is 227 g/mol. The van der Waals surface area contributed by atoms with Gasteiger partial charge >= 0.3 is 5.97 Å². The Bertz CT molecular complexity index is 290. The number of aliphatic carboxylic acids is 1. The SMILES string of the molecule is CCC1(C)CC(NC2CC2)(C(=O)O)CCO1. The normalized spacial score (nSPS) is 39.6. The molecule has 4 heteroatoms. The summed E-state index contributed by atoms with van der Waals surface area (Å²) in [6.07, 6.45) is 4.22. The van der Waals surface area contributed by atoms with Crippen LogP contribution < -0.4 is 5.32 Å². The van der Waals surface area contributed by atoms with E-state index in [9.17, 15) is 9.90 Å². The largest absolute Gasteiger partial charge is 0.480 e. The highest BCUT2D eigenvalue weighted by molar-refractivity contribution is 5.79. The maximum atomic E-state index is 11.5. The second-order valence-corrected chi connectivity index (χ2v) is 5.38. The molecule has 1 aliphatic heterocycles. The molecule has 2 rings (SSSR count). The van der Waals surface area contributed by atoms with Crippen molar-refractivity contribution in [3.63, 3.8) is 0 Å². The van der Waals surface area contributed by atoms with Crippen LogP contribution in [0.1, 0.15) is 46.0 Å². The van der Waals surface area contributed by atoms with Crippen LogP contribution in [0.2, 0.25) is 0 Å². The summed E-state index contributed by atoms with van der Waals surface area (Å²) in [6, 6.07) is 0.412. The Hall–Kier alpha value is -0.610. The third-order valence-electron chi connectivity index (χ3n) is 3.87. The van der Waals surface area contributed by atoms with Gasteiger partial charge in [-0.1, -0.05) is 6.92 Å². The van der Waals surface area contributed by atoms with Gasteiger partial charge in [-0.15, -0.1) is 0 Å². The third-order valence-corrected chi connectivity index (χ3v) is 3.87. The number of nitrogens with one attached hydrogen (secondary N) is 1. The van der Waals surface area contributed by atoms with Crippen molar-refractivity contribution >= 4 is 5.97 Å². The van der Waals surface area contributed by atoms with Crippen LogP contribution in [0, 0.1) is 0 Å². The molecule has 0 amide bonds. The Morgan fingerprint density at radius 3 is 2.75 bits per heavy atom. The molecule has 2 N–H and O–H groups in total. The Kier molecular flexibility index (Phi) is 2.97. The number of carboxylic acid groups (broad SMARTS) is 1. The van der Waals surface area contributed by atoms with Crippen molar-refractivity contribution in [3.8, 4) is 0 Å². The van der Waals surface area contributed by atoms with E-state index in [1.54, 1.807) is 0 Å². The zero-order chi connectivity index (χ0) is 11.8. The zero-order valence-corrected chi connectivity index (χ0v) is 10.1. The summed E-state index contributed by atoms with van der Waals surface area (Å²) in [7, 11) is 0. The van der Waals surface area contributed by atoms with Crippen LogP contribution in [0.15, 0.2) is 0 Å². The van der Waals surface area contributed by atoms with Gasteiger partial charge in [-0.2, -0.15) is 0 Å². The average Bonchev–Trinajstić information content (AvgIpc) is 3.01. The molecular weight excluding hydrogens is 206 g/mol. The molecular formula is C12H21NO3. The van der Waals surface area contributed by atoms with Gasteiger partial charge < -0.3 is 9.84 Å². The van der Waals surface area contributed by atoms with E-state index in [4.69, 9.17) is 4.74 Å². The van der Waals surface area contributed by atoms with E-state index in [2.05, 4.69) is 12.2 Å². The van der Waals surface area contributed by atoms with Crippen LogP contribution in [-0.2, 0) is 9.53 Å². The topological polar surface area (TPSA) is 58.6 Å². The summed E-state index contributed by atoms with van der Waals surface area (Å²) < 4.78 is 5.72. The number of carbonyl (C=O) groups is 1. The first kappa shape index (κ1) is 11.9. The third kappa shape index (κ3) is 2.23. The molecule has 1 aliphatic carbocycles. The Morgan fingerprint density at radius 1 is 1.56 bits per heavy atom. The van der Waals surface area contributed by atoms with Gasteiger partial charge in [0.25, 0.3) is 0 Å². The predicted octanol–water partition coefficient (Wildman–Crippen LogP) is 1.54. The van der Waals surface area contributed by atoms with Crippen molar-refractivity contribution < 1.29 is 14.6 Å². The predicted molar refractivity (Wildman–Crippen MR) is 60.4 cm³/mol. The van der Waals surface area contributed by atoms with E-state index in [1.165, 1.54) is 0 Å². The lowest BCUT2D eigenvalue weighted by molar-refractivity contribution is -0.160. The molecule has 2 unspecified atom stereocenters. The molecule has 0 aromatic carbocycles. The van der Waals surface area contributed by atoms with Crippen molar-refractivity contribution in [1.82, 2.24) is 5.32 Å². The van der Waals surface area contributed by atoms with Crippen LogP contribution >= 0.6 is 0 Å². The highest BCUT2D eigenvalue weighted by Gasteiger charge is 2.49. The molecule has 2 fully saturated rings. The van der Waals surface area contributed by atoms with Gasteiger partial charge in [0.05, 0.1) is 5.60 Å². The number of rotatable bonds is 4. The molecule has 0 bridgehead atoms. The molecule has 0 aromatic heterocycles. The lowest BCUT2D eigenvalue weighted by Gasteiger charge is -2.44. The summed E-state index contributed by atoms with van der Waals surface area (Å²) >= 11 is 0. The molecule has 1 saturated carbocycles. The van der Waals surface area contributed by atoms with Gasteiger partial charge in [-0.3, -0.25) is 10.1 Å². The maximum absolute atomic E-state index is 11.5. The fourth-order valence-electron chi connectivity index (χ4n) is 2.46. The lowest BCUT2D eigenvalue weighted by atomic mass is 9.79. The molecule has 2 aliphatic rings. The smallest absolute Gasteiger partial charge is 0.324 e. The summed E-state index contributed by atoms with van der Waals surface area (Å²) in [5.74, 6) is -0.720. The van der Waals surface area contributed by atoms with Crippen LogP contribution in [0.4, 0.5) is 0 Å². The standard InChI is InChI=1S/C12H21NO3/c1-3-11(2)8-12(10(14)15,6-7-16-11)13-9-4-5-9/h9,13H,3-8H2,1-2H3,(H,14,15). The van der Waals surface area contributed by atoms with Crippen molar-refractivity contribution in [2.24, 2.45) is 0 Å². The van der Waals surface area contributed by atoms with E-state index < -0.39 is 11.5 Å². The van der Waals surface area contributed by atoms with Crippen LogP contribution in [0.3, 0.4) is 0 Å².